The van der Waals surface area contributed by atoms with E-state index >= 15 is 0 Å². The van der Waals surface area contributed by atoms with Crippen LogP contribution in [0.2, 0.25) is 5.02 Å². The van der Waals surface area contributed by atoms with Gasteiger partial charge in [0, 0.05) is 17.6 Å². The number of amides is 1. The lowest BCUT2D eigenvalue weighted by Crippen LogP contribution is -2.38. The number of halogens is 1. The molecule has 152 valence electrons. The first-order valence-electron chi connectivity index (χ1n) is 9.58. The summed E-state index contributed by atoms with van der Waals surface area (Å²) >= 11 is 6.17. The van der Waals surface area contributed by atoms with Crippen molar-refractivity contribution in [1.29, 1.82) is 5.26 Å². The molecule has 29 heavy (non-hydrogen) atoms. The van der Waals surface area contributed by atoms with E-state index in [4.69, 9.17) is 26.3 Å². The molecular weight excluding hydrogens is 390 g/mol. The van der Waals surface area contributed by atoms with Gasteiger partial charge in [0.15, 0.2) is 18.1 Å². The molecule has 1 heterocycles. The third kappa shape index (κ3) is 5.63. The van der Waals surface area contributed by atoms with Gasteiger partial charge < -0.3 is 14.8 Å². The van der Waals surface area contributed by atoms with Crippen LogP contribution in [0.25, 0.3) is 0 Å². The fraction of sp³-hybridized carbons (Fsp3) is 0.364. The van der Waals surface area contributed by atoms with Gasteiger partial charge in [-0.3, -0.25) is 9.69 Å². The molecule has 0 spiro atoms. The van der Waals surface area contributed by atoms with Crippen molar-refractivity contribution in [3.63, 3.8) is 0 Å². The summed E-state index contributed by atoms with van der Waals surface area (Å²) in [5.41, 5.74) is 1.56. The number of methoxy groups -OCH3 is 1. The standard InChI is InChI=1S/C22H24ClN3O3/c1-28-21-11-16(13-24)7-8-20(21)29-15-22(27)25-14-19(26-9-2-3-10-26)17-5-4-6-18(23)12-17/h4-8,11-12,19H,2-3,9-10,14-15H2,1H3,(H,25,27). The van der Waals surface area contributed by atoms with Crippen LogP contribution >= 0.6 is 11.6 Å². The number of likely N-dealkylation sites (tertiary alicyclic amines) is 1. The summed E-state index contributed by atoms with van der Waals surface area (Å²) in [7, 11) is 1.50. The van der Waals surface area contributed by atoms with Gasteiger partial charge >= 0.3 is 0 Å². The first-order valence-corrected chi connectivity index (χ1v) is 9.95. The lowest BCUT2D eigenvalue weighted by Gasteiger charge is -2.28. The minimum absolute atomic E-state index is 0.0737. The number of rotatable bonds is 8. The van der Waals surface area contributed by atoms with Crippen LogP contribution in [-0.2, 0) is 4.79 Å². The zero-order valence-electron chi connectivity index (χ0n) is 16.4. The summed E-state index contributed by atoms with van der Waals surface area (Å²) in [5, 5.41) is 12.6. The van der Waals surface area contributed by atoms with Gasteiger partial charge in [-0.25, -0.2) is 0 Å². The van der Waals surface area contributed by atoms with Crippen molar-refractivity contribution in [1.82, 2.24) is 10.2 Å². The van der Waals surface area contributed by atoms with E-state index in [0.29, 0.717) is 28.6 Å². The highest BCUT2D eigenvalue weighted by Crippen LogP contribution is 2.28. The summed E-state index contributed by atoms with van der Waals surface area (Å²) in [6.07, 6.45) is 2.32. The van der Waals surface area contributed by atoms with Gasteiger partial charge in [0.05, 0.1) is 24.8 Å². The molecule has 2 aromatic carbocycles. The second-order valence-corrected chi connectivity index (χ2v) is 7.32. The van der Waals surface area contributed by atoms with Gasteiger partial charge in [-0.1, -0.05) is 23.7 Å². The Morgan fingerprint density at radius 2 is 2.03 bits per heavy atom. The molecule has 0 radical (unpaired) electrons. The molecule has 0 aliphatic carbocycles. The number of nitrogens with one attached hydrogen (secondary N) is 1. The quantitative estimate of drug-likeness (QED) is 0.716. The highest BCUT2D eigenvalue weighted by molar-refractivity contribution is 6.30. The Morgan fingerprint density at radius 3 is 2.72 bits per heavy atom. The smallest absolute Gasteiger partial charge is 0.258 e. The van der Waals surface area contributed by atoms with Crippen LogP contribution in [0.15, 0.2) is 42.5 Å². The second-order valence-electron chi connectivity index (χ2n) is 6.88. The van der Waals surface area contributed by atoms with E-state index in [2.05, 4.69) is 10.2 Å². The van der Waals surface area contributed by atoms with Gasteiger partial charge in [-0.15, -0.1) is 0 Å². The van der Waals surface area contributed by atoms with Crippen molar-refractivity contribution in [3.05, 3.63) is 58.6 Å². The summed E-state index contributed by atoms with van der Waals surface area (Å²) in [4.78, 5) is 14.8. The zero-order valence-corrected chi connectivity index (χ0v) is 17.1. The first-order chi connectivity index (χ1) is 14.1. The second kappa shape index (κ2) is 10.1. The van der Waals surface area contributed by atoms with Crippen molar-refractivity contribution in [2.45, 2.75) is 18.9 Å². The van der Waals surface area contributed by atoms with E-state index in [1.54, 1.807) is 18.2 Å². The van der Waals surface area contributed by atoms with Crippen LogP contribution in [0.5, 0.6) is 11.5 Å². The number of ether oxygens (including phenoxy) is 2. The lowest BCUT2D eigenvalue weighted by molar-refractivity contribution is -0.123. The maximum Gasteiger partial charge on any atom is 0.258 e. The van der Waals surface area contributed by atoms with Crippen molar-refractivity contribution < 1.29 is 14.3 Å². The number of carbonyl (C=O) groups is 1. The summed E-state index contributed by atoms with van der Waals surface area (Å²) < 4.78 is 10.8. The molecule has 0 aromatic heterocycles. The van der Waals surface area contributed by atoms with Gasteiger partial charge in [0.2, 0.25) is 0 Å². The molecule has 1 saturated heterocycles. The largest absolute Gasteiger partial charge is 0.493 e. The van der Waals surface area contributed by atoms with Crippen LogP contribution in [0.4, 0.5) is 0 Å². The number of nitriles is 1. The van der Waals surface area contributed by atoms with Crippen molar-refractivity contribution >= 4 is 17.5 Å². The molecule has 1 aliphatic rings. The van der Waals surface area contributed by atoms with Crippen molar-refractivity contribution in [2.24, 2.45) is 0 Å². The molecule has 1 atom stereocenters. The van der Waals surface area contributed by atoms with E-state index in [9.17, 15) is 4.79 Å². The fourth-order valence-electron chi connectivity index (χ4n) is 3.49. The Balaban J connectivity index is 1.60. The van der Waals surface area contributed by atoms with E-state index in [0.717, 1.165) is 31.5 Å². The molecule has 6 nitrogen and oxygen atoms in total. The number of hydrogen-bond acceptors (Lipinski definition) is 5. The maximum atomic E-state index is 12.4. The molecule has 1 aliphatic heterocycles. The topological polar surface area (TPSA) is 74.6 Å². The van der Waals surface area contributed by atoms with Gasteiger partial charge in [-0.2, -0.15) is 5.26 Å². The number of carbonyl (C=O) groups excluding carboxylic acids is 1. The SMILES string of the molecule is COc1cc(C#N)ccc1OCC(=O)NCC(c1cccc(Cl)c1)N1CCCC1. The maximum absolute atomic E-state index is 12.4. The average Bonchev–Trinajstić information content (AvgIpc) is 3.27. The first kappa shape index (κ1) is 21.0. The summed E-state index contributed by atoms with van der Waals surface area (Å²) in [6.45, 7) is 2.36. The number of hydrogen-bond donors (Lipinski definition) is 1. The van der Waals surface area contributed by atoms with Gasteiger partial charge in [-0.05, 0) is 55.8 Å². The number of benzene rings is 2. The van der Waals surface area contributed by atoms with E-state index in [-0.39, 0.29) is 18.6 Å². The Morgan fingerprint density at radius 1 is 1.24 bits per heavy atom. The monoisotopic (exact) mass is 413 g/mol. The molecule has 0 saturated carbocycles. The number of nitrogens with zero attached hydrogens (tertiary/aromatic N) is 2. The minimum atomic E-state index is -0.220. The van der Waals surface area contributed by atoms with Gasteiger partial charge in [0.1, 0.15) is 0 Å². The Kier molecular flexibility index (Phi) is 7.34. The molecule has 0 bridgehead atoms. The predicted molar refractivity (Wildman–Crippen MR) is 111 cm³/mol. The minimum Gasteiger partial charge on any atom is -0.493 e. The zero-order chi connectivity index (χ0) is 20.6. The van der Waals surface area contributed by atoms with Crippen LogP contribution in [0.3, 0.4) is 0 Å². The molecular formula is C22H24ClN3O3. The molecule has 2 aromatic rings. The molecule has 7 heteroatoms. The Hall–Kier alpha value is -2.75. The van der Waals surface area contributed by atoms with Crippen molar-refractivity contribution in [3.8, 4) is 17.6 Å². The van der Waals surface area contributed by atoms with Crippen LogP contribution < -0.4 is 14.8 Å². The Labute approximate surface area is 176 Å². The normalized spacial score (nSPS) is 14.8. The molecule has 1 fully saturated rings. The molecule has 3 rings (SSSR count). The average molecular weight is 414 g/mol. The third-order valence-corrected chi connectivity index (χ3v) is 5.19. The van der Waals surface area contributed by atoms with E-state index in [1.807, 2.05) is 30.3 Å². The lowest BCUT2D eigenvalue weighted by atomic mass is 10.1. The highest BCUT2D eigenvalue weighted by Gasteiger charge is 2.24. The van der Waals surface area contributed by atoms with Crippen molar-refractivity contribution in [2.75, 3.05) is 33.4 Å². The van der Waals surface area contributed by atoms with E-state index in [1.165, 1.54) is 7.11 Å². The predicted octanol–water partition coefficient (Wildman–Crippen LogP) is 3.55. The molecule has 1 unspecified atom stereocenters. The third-order valence-electron chi connectivity index (χ3n) is 4.96. The molecule has 1 amide bonds. The van der Waals surface area contributed by atoms with Crippen LogP contribution in [0, 0.1) is 11.3 Å². The van der Waals surface area contributed by atoms with Crippen LogP contribution in [-0.4, -0.2) is 44.2 Å². The summed E-state index contributed by atoms with van der Waals surface area (Å²) in [6, 6.07) is 14.7. The van der Waals surface area contributed by atoms with Gasteiger partial charge in [0.25, 0.3) is 5.91 Å². The van der Waals surface area contributed by atoms with Crippen LogP contribution in [0.1, 0.15) is 30.0 Å². The highest BCUT2D eigenvalue weighted by atomic mass is 35.5. The Bertz CT molecular complexity index is 891. The molecule has 1 N–H and O–H groups in total. The van der Waals surface area contributed by atoms with E-state index < -0.39 is 0 Å². The fourth-order valence-corrected chi connectivity index (χ4v) is 3.68. The summed E-state index contributed by atoms with van der Waals surface area (Å²) in [5.74, 6) is 0.626.